The van der Waals surface area contributed by atoms with Crippen LogP contribution in [-0.2, 0) is 19.4 Å². The normalized spacial score (nSPS) is 10.6. The first-order chi connectivity index (χ1) is 15.2. The van der Waals surface area contributed by atoms with E-state index >= 15 is 0 Å². The summed E-state index contributed by atoms with van der Waals surface area (Å²) in [5, 5.41) is 6.88. The van der Waals surface area contributed by atoms with Crippen LogP contribution in [0, 0.1) is 0 Å². The number of carbonyl (C=O) groups is 1. The molecule has 0 radical (unpaired) electrons. The van der Waals surface area contributed by atoms with Crippen molar-refractivity contribution in [2.24, 2.45) is 0 Å². The van der Waals surface area contributed by atoms with Crippen molar-refractivity contribution in [3.63, 3.8) is 0 Å². The molecule has 0 unspecified atom stereocenters. The van der Waals surface area contributed by atoms with Crippen molar-refractivity contribution in [2.75, 3.05) is 7.11 Å². The second kappa shape index (κ2) is 9.71. The van der Waals surface area contributed by atoms with E-state index in [4.69, 9.17) is 9.26 Å². The van der Waals surface area contributed by atoms with Gasteiger partial charge in [0.05, 0.1) is 13.7 Å². The minimum Gasteiger partial charge on any atom is -0.497 e. The quantitative estimate of drug-likeness (QED) is 0.461. The van der Waals surface area contributed by atoms with Gasteiger partial charge in [0.25, 0.3) is 5.91 Å². The fourth-order valence-electron chi connectivity index (χ4n) is 3.34. The molecule has 0 aliphatic rings. The molecule has 1 aromatic heterocycles. The first kappa shape index (κ1) is 20.3. The number of ether oxygens (including phenoxy) is 1. The number of aryl methyl sites for hydroxylation is 2. The number of carbonyl (C=O) groups excluding carboxylic acids is 1. The molecular formula is C25H23N3O3. The van der Waals surface area contributed by atoms with E-state index in [2.05, 4.69) is 27.6 Å². The highest BCUT2D eigenvalue weighted by atomic mass is 16.5. The van der Waals surface area contributed by atoms with Crippen molar-refractivity contribution in [2.45, 2.75) is 19.4 Å². The average molecular weight is 413 g/mol. The Morgan fingerprint density at radius 1 is 0.968 bits per heavy atom. The van der Waals surface area contributed by atoms with Gasteiger partial charge in [-0.05, 0) is 42.2 Å². The molecular weight excluding hydrogens is 390 g/mol. The summed E-state index contributed by atoms with van der Waals surface area (Å²) in [6.45, 7) is 0.156. The third-order valence-corrected chi connectivity index (χ3v) is 4.98. The summed E-state index contributed by atoms with van der Waals surface area (Å²) in [6.07, 6.45) is 1.66. The van der Waals surface area contributed by atoms with Crippen molar-refractivity contribution in [3.05, 3.63) is 101 Å². The summed E-state index contributed by atoms with van der Waals surface area (Å²) in [5.74, 6) is 1.34. The first-order valence-electron chi connectivity index (χ1n) is 10.1. The number of nitrogens with zero attached hydrogens (tertiary/aromatic N) is 2. The van der Waals surface area contributed by atoms with Gasteiger partial charge in [-0.15, -0.1) is 0 Å². The van der Waals surface area contributed by atoms with Gasteiger partial charge in [0.1, 0.15) is 5.75 Å². The highest BCUT2D eigenvalue weighted by Crippen LogP contribution is 2.21. The molecule has 0 saturated heterocycles. The van der Waals surface area contributed by atoms with Gasteiger partial charge < -0.3 is 14.6 Å². The van der Waals surface area contributed by atoms with Crippen LogP contribution in [0.15, 0.2) is 83.4 Å². The van der Waals surface area contributed by atoms with Gasteiger partial charge in [-0.2, -0.15) is 4.98 Å². The number of benzene rings is 3. The smallest absolute Gasteiger partial charge is 0.251 e. The van der Waals surface area contributed by atoms with Gasteiger partial charge in [0.15, 0.2) is 0 Å². The third kappa shape index (κ3) is 5.17. The Balaban J connectivity index is 1.40. The molecule has 0 spiro atoms. The van der Waals surface area contributed by atoms with Crippen LogP contribution in [0.5, 0.6) is 5.75 Å². The molecule has 1 heterocycles. The highest BCUT2D eigenvalue weighted by Gasteiger charge is 2.14. The molecule has 6 heteroatoms. The van der Waals surface area contributed by atoms with Crippen LogP contribution in [0.25, 0.3) is 11.4 Å². The second-order valence-electron chi connectivity index (χ2n) is 7.07. The Morgan fingerprint density at radius 2 is 1.77 bits per heavy atom. The molecule has 4 aromatic rings. The summed E-state index contributed by atoms with van der Waals surface area (Å²) in [5.41, 5.74) is 3.69. The lowest BCUT2D eigenvalue weighted by molar-refractivity contribution is 0.0945. The Kier molecular flexibility index (Phi) is 6.38. The molecule has 3 aromatic carbocycles. The lowest BCUT2D eigenvalue weighted by Crippen LogP contribution is -2.24. The van der Waals surface area contributed by atoms with Gasteiger partial charge in [-0.25, -0.2) is 0 Å². The molecule has 1 amide bonds. The predicted octanol–water partition coefficient (Wildman–Crippen LogP) is 4.46. The maximum Gasteiger partial charge on any atom is 0.251 e. The SMILES string of the molecule is COc1cccc(-c2noc(CNC(=O)c3ccccc3CCc3ccccc3)n2)c1. The van der Waals surface area contributed by atoms with Crippen molar-refractivity contribution < 1.29 is 14.1 Å². The van der Waals surface area contributed by atoms with Crippen LogP contribution in [0.3, 0.4) is 0 Å². The minimum absolute atomic E-state index is 0.156. The molecule has 0 aliphatic heterocycles. The molecule has 0 fully saturated rings. The van der Waals surface area contributed by atoms with E-state index in [0.29, 0.717) is 23.0 Å². The standard InChI is InChI=1S/C25H23N3O3/c1-30-21-12-7-11-20(16-21)24-27-23(31-28-24)17-26-25(29)22-13-6-5-10-19(22)15-14-18-8-3-2-4-9-18/h2-13,16H,14-15,17H2,1H3,(H,26,29). The Morgan fingerprint density at radius 3 is 2.61 bits per heavy atom. The van der Waals surface area contributed by atoms with Gasteiger partial charge in [-0.3, -0.25) is 4.79 Å². The van der Waals surface area contributed by atoms with Crippen molar-refractivity contribution in [1.82, 2.24) is 15.5 Å². The third-order valence-electron chi connectivity index (χ3n) is 4.98. The van der Waals surface area contributed by atoms with Gasteiger partial charge >= 0.3 is 0 Å². The molecule has 6 nitrogen and oxygen atoms in total. The Bertz CT molecular complexity index is 1160. The van der Waals surface area contributed by atoms with E-state index < -0.39 is 0 Å². The van der Waals surface area contributed by atoms with E-state index in [1.54, 1.807) is 7.11 Å². The minimum atomic E-state index is -0.162. The van der Waals surface area contributed by atoms with E-state index in [9.17, 15) is 4.79 Å². The Hall–Kier alpha value is -3.93. The van der Waals surface area contributed by atoms with Crippen LogP contribution < -0.4 is 10.1 Å². The molecule has 0 aliphatic carbocycles. The lowest BCUT2D eigenvalue weighted by Gasteiger charge is -2.09. The number of rotatable bonds is 8. The fraction of sp³-hybridized carbons (Fsp3) is 0.160. The van der Waals surface area contributed by atoms with E-state index in [-0.39, 0.29) is 12.5 Å². The highest BCUT2D eigenvalue weighted by molar-refractivity contribution is 5.95. The molecule has 0 atom stereocenters. The van der Waals surface area contributed by atoms with E-state index in [0.717, 1.165) is 24.0 Å². The Labute approximate surface area is 180 Å². The monoisotopic (exact) mass is 413 g/mol. The van der Waals surface area contributed by atoms with E-state index in [1.165, 1.54) is 5.56 Å². The summed E-state index contributed by atoms with van der Waals surface area (Å²) in [7, 11) is 1.61. The maximum atomic E-state index is 12.8. The zero-order valence-corrected chi connectivity index (χ0v) is 17.2. The number of aromatic nitrogens is 2. The van der Waals surface area contributed by atoms with Crippen LogP contribution in [0.1, 0.15) is 27.4 Å². The summed E-state index contributed by atoms with van der Waals surface area (Å²) in [4.78, 5) is 17.2. The van der Waals surface area contributed by atoms with Crippen LogP contribution in [0.2, 0.25) is 0 Å². The molecule has 0 bridgehead atoms. The van der Waals surface area contributed by atoms with Gasteiger partial charge in [0.2, 0.25) is 11.7 Å². The number of amides is 1. The lowest BCUT2D eigenvalue weighted by atomic mass is 9.99. The van der Waals surface area contributed by atoms with Crippen LogP contribution in [-0.4, -0.2) is 23.2 Å². The predicted molar refractivity (Wildman–Crippen MR) is 118 cm³/mol. The second-order valence-corrected chi connectivity index (χ2v) is 7.07. The number of hydrogen-bond donors (Lipinski definition) is 1. The largest absolute Gasteiger partial charge is 0.497 e. The molecule has 1 N–H and O–H groups in total. The molecule has 31 heavy (non-hydrogen) atoms. The van der Waals surface area contributed by atoms with E-state index in [1.807, 2.05) is 66.7 Å². The van der Waals surface area contributed by atoms with Gasteiger partial charge in [-0.1, -0.05) is 65.8 Å². The summed E-state index contributed by atoms with van der Waals surface area (Å²) in [6, 6.07) is 25.3. The first-order valence-corrected chi connectivity index (χ1v) is 10.1. The number of nitrogens with one attached hydrogen (secondary N) is 1. The zero-order valence-electron chi connectivity index (χ0n) is 17.2. The number of methoxy groups -OCH3 is 1. The topological polar surface area (TPSA) is 77.3 Å². The maximum absolute atomic E-state index is 12.8. The van der Waals surface area contributed by atoms with Crippen molar-refractivity contribution >= 4 is 5.91 Å². The van der Waals surface area contributed by atoms with Crippen LogP contribution >= 0.6 is 0 Å². The summed E-state index contributed by atoms with van der Waals surface area (Å²) >= 11 is 0. The number of hydrogen-bond acceptors (Lipinski definition) is 5. The van der Waals surface area contributed by atoms with Gasteiger partial charge in [0, 0.05) is 11.1 Å². The fourth-order valence-corrected chi connectivity index (χ4v) is 3.34. The molecule has 156 valence electrons. The zero-order chi connectivity index (χ0) is 21.5. The molecule has 4 rings (SSSR count). The summed E-state index contributed by atoms with van der Waals surface area (Å²) < 4.78 is 10.5. The van der Waals surface area contributed by atoms with Crippen LogP contribution in [0.4, 0.5) is 0 Å². The van der Waals surface area contributed by atoms with Crippen molar-refractivity contribution in [3.8, 4) is 17.1 Å². The average Bonchev–Trinajstić information content (AvgIpc) is 3.31. The molecule has 0 saturated carbocycles. The van der Waals surface area contributed by atoms with Crippen molar-refractivity contribution in [1.29, 1.82) is 0 Å².